The van der Waals surface area contributed by atoms with Gasteiger partial charge in [0.15, 0.2) is 0 Å². The highest BCUT2D eigenvalue weighted by atomic mass is 35.5. The number of hydrogen-bond acceptors (Lipinski definition) is 4. The van der Waals surface area contributed by atoms with Crippen molar-refractivity contribution in [3.05, 3.63) is 0 Å². The zero-order chi connectivity index (χ0) is 13.4. The van der Waals surface area contributed by atoms with Crippen molar-refractivity contribution in [2.45, 2.75) is 0 Å². The van der Waals surface area contributed by atoms with Crippen LogP contribution in [0.3, 0.4) is 0 Å². The minimum atomic E-state index is -2.66. The van der Waals surface area contributed by atoms with Crippen molar-refractivity contribution in [1.29, 1.82) is 0 Å². The summed E-state index contributed by atoms with van der Waals surface area (Å²) in [4.78, 5) is 0. The highest BCUT2D eigenvalue weighted by molar-refractivity contribution is 8.76. The van der Waals surface area contributed by atoms with Crippen LogP contribution in [0.5, 0.6) is 0 Å². The van der Waals surface area contributed by atoms with Gasteiger partial charge in [-0.1, -0.05) is 21.6 Å². The van der Waals surface area contributed by atoms with Gasteiger partial charge in [-0.25, -0.2) is 0 Å². The second kappa shape index (κ2) is 11.7. The van der Waals surface area contributed by atoms with Crippen LogP contribution in [0.1, 0.15) is 11.0 Å². The van der Waals surface area contributed by atoms with E-state index in [4.69, 9.17) is 22.4 Å². The molecule has 0 unspecified atom stereocenters. The van der Waals surface area contributed by atoms with Crippen molar-refractivity contribution in [3.63, 3.8) is 0 Å². The van der Waals surface area contributed by atoms with Crippen LogP contribution in [0.25, 0.3) is 0 Å². The summed E-state index contributed by atoms with van der Waals surface area (Å²) < 4.78 is 56.9. The fourth-order valence-corrected chi connectivity index (χ4v) is 0.808. The Balaban J connectivity index is 0. The van der Waals surface area contributed by atoms with E-state index in [1.165, 1.54) is 0 Å². The van der Waals surface area contributed by atoms with Gasteiger partial charge in [-0.15, -0.1) is 12.4 Å². The zero-order valence-electron chi connectivity index (χ0n) is 12.4. The SMILES string of the molecule is Cl.[2H]C([2H])(N)C([2H])([2H])SSC([2H])([2H])C([2H])([2H])N. The molecular weight excluding hydrogens is 176 g/mol. The van der Waals surface area contributed by atoms with Gasteiger partial charge in [0, 0.05) is 35.4 Å². The highest BCUT2D eigenvalue weighted by Gasteiger charge is 1.84. The average molecular weight is 197 g/mol. The van der Waals surface area contributed by atoms with Gasteiger partial charge in [0.1, 0.15) is 0 Å². The fraction of sp³-hybridized carbons (Fsp3) is 1.00. The number of rotatable bonds is 5. The fourth-order valence-electron chi connectivity index (χ4n) is 0.0898. The van der Waals surface area contributed by atoms with Crippen molar-refractivity contribution >= 4 is 34.0 Å². The number of nitrogens with two attached hydrogens (primary N) is 2. The predicted molar refractivity (Wildman–Crippen MR) is 50.3 cm³/mol. The molecule has 0 radical (unpaired) electrons. The first kappa shape index (κ1) is 3.11. The Morgan fingerprint density at radius 3 is 1.67 bits per heavy atom. The third kappa shape index (κ3) is 12.2. The van der Waals surface area contributed by atoms with Crippen molar-refractivity contribution < 1.29 is 11.0 Å². The maximum absolute atomic E-state index is 7.24. The maximum atomic E-state index is 7.24. The van der Waals surface area contributed by atoms with Gasteiger partial charge in [-0.2, -0.15) is 0 Å². The molecule has 0 aliphatic carbocycles. The van der Waals surface area contributed by atoms with E-state index in [2.05, 4.69) is 0 Å². The zero-order valence-corrected chi connectivity index (χ0v) is 6.83. The second-order valence-electron chi connectivity index (χ2n) is 0.659. The van der Waals surface area contributed by atoms with Crippen LogP contribution in [0.15, 0.2) is 0 Å². The summed E-state index contributed by atoms with van der Waals surface area (Å²) >= 11 is 0. The number of halogens is 1. The molecule has 0 aromatic heterocycles. The Bertz CT molecular complexity index is 225. The van der Waals surface area contributed by atoms with E-state index in [0.717, 1.165) is 0 Å². The van der Waals surface area contributed by atoms with Crippen LogP contribution in [0.2, 0.25) is 0 Å². The van der Waals surface area contributed by atoms with Crippen molar-refractivity contribution in [2.75, 3.05) is 24.4 Å². The molecule has 2 nitrogen and oxygen atoms in total. The van der Waals surface area contributed by atoms with Gasteiger partial charge in [-0.05, 0) is 0 Å². The van der Waals surface area contributed by atoms with Gasteiger partial charge >= 0.3 is 0 Å². The van der Waals surface area contributed by atoms with E-state index in [-0.39, 0.29) is 34.0 Å². The molecule has 0 spiro atoms. The molecule has 4 N–H and O–H groups in total. The lowest BCUT2D eigenvalue weighted by Gasteiger charge is -1.93. The van der Waals surface area contributed by atoms with E-state index < -0.39 is 24.4 Å². The lowest BCUT2D eigenvalue weighted by molar-refractivity contribution is 1.15. The summed E-state index contributed by atoms with van der Waals surface area (Å²) in [5, 5.41) is 0. The minimum Gasteiger partial charge on any atom is -0.330 e. The number of hydrogen-bond donors (Lipinski definition) is 2. The van der Waals surface area contributed by atoms with E-state index in [9.17, 15) is 0 Å². The largest absolute Gasteiger partial charge is 0.330 e. The molecule has 0 saturated carbocycles. The van der Waals surface area contributed by atoms with Gasteiger partial charge in [-0.3, -0.25) is 0 Å². The van der Waals surface area contributed by atoms with Crippen LogP contribution in [0.4, 0.5) is 0 Å². The first-order valence-electron chi connectivity index (χ1n) is 5.65. The van der Waals surface area contributed by atoms with Crippen molar-refractivity contribution in [1.82, 2.24) is 0 Å². The van der Waals surface area contributed by atoms with Crippen LogP contribution in [-0.4, -0.2) is 24.4 Å². The molecule has 0 bridgehead atoms. The molecule has 5 heteroatoms. The molecule has 0 aromatic carbocycles. The van der Waals surface area contributed by atoms with Crippen LogP contribution < -0.4 is 11.5 Å². The third-order valence-corrected chi connectivity index (χ3v) is 1.48. The summed E-state index contributed by atoms with van der Waals surface area (Å²) in [7, 11) is 0.349. The standard InChI is InChI=1S/C4H12N2S2.ClH/c5-1-3-7-8-4-2-6;/h1-6H2;1H/i1D2,2D2,3D2,4D2;. The molecule has 0 amide bonds. The summed E-state index contributed by atoms with van der Waals surface area (Å²) in [6.45, 7) is -5.33. The molecule has 0 fully saturated rings. The molecule has 0 aromatic rings. The Morgan fingerprint density at radius 2 is 1.44 bits per heavy atom. The summed E-state index contributed by atoms with van der Waals surface area (Å²) in [5.74, 6) is 0. The monoisotopic (exact) mass is 196 g/mol. The van der Waals surface area contributed by atoms with Crippen LogP contribution in [0, 0.1) is 0 Å². The smallest absolute Gasteiger partial charge is 0.0434 e. The van der Waals surface area contributed by atoms with Gasteiger partial charge in [0.05, 0.1) is 0 Å². The minimum absolute atomic E-state index is 0. The molecule has 0 atom stereocenters. The first-order valence-corrected chi connectivity index (χ1v) is 3.80. The molecular formula is C4H13ClN2S2. The third-order valence-electron chi connectivity index (χ3n) is 0.243. The van der Waals surface area contributed by atoms with E-state index >= 15 is 0 Å². The van der Waals surface area contributed by atoms with Crippen LogP contribution in [-0.2, 0) is 0 Å². The lowest BCUT2D eigenvalue weighted by Crippen LogP contribution is -2.02. The van der Waals surface area contributed by atoms with Gasteiger partial charge in [0.25, 0.3) is 0 Å². The summed E-state index contributed by atoms with van der Waals surface area (Å²) in [6, 6.07) is 0. The second-order valence-corrected chi connectivity index (χ2v) is 2.40. The molecule has 0 saturated heterocycles. The van der Waals surface area contributed by atoms with Crippen molar-refractivity contribution in [3.8, 4) is 0 Å². The van der Waals surface area contributed by atoms with Crippen molar-refractivity contribution in [2.24, 2.45) is 11.5 Å². The summed E-state index contributed by atoms with van der Waals surface area (Å²) in [5.41, 5.74) is 4.74. The van der Waals surface area contributed by atoms with E-state index in [0.29, 0.717) is 0 Å². The molecule has 58 valence electrons. The quantitative estimate of drug-likeness (QED) is 0.637. The Hall–Kier alpha value is 0.910. The van der Waals surface area contributed by atoms with E-state index in [1.54, 1.807) is 0 Å². The topological polar surface area (TPSA) is 52.0 Å². The molecule has 0 heterocycles. The lowest BCUT2D eigenvalue weighted by atomic mass is 10.8. The van der Waals surface area contributed by atoms with Gasteiger partial charge < -0.3 is 11.5 Å². The first-order chi connectivity index (χ1) is 6.71. The molecule has 9 heavy (non-hydrogen) atoms. The average Bonchev–Trinajstić information content (AvgIpc) is 1.97. The molecule has 0 rings (SSSR count). The maximum Gasteiger partial charge on any atom is 0.0434 e. The van der Waals surface area contributed by atoms with Crippen LogP contribution >= 0.6 is 34.0 Å². The van der Waals surface area contributed by atoms with E-state index in [1.807, 2.05) is 0 Å². The highest BCUT2D eigenvalue weighted by Crippen LogP contribution is 2.18. The van der Waals surface area contributed by atoms with Gasteiger partial charge in [0.2, 0.25) is 0 Å². The Labute approximate surface area is 81.6 Å². The Morgan fingerprint density at radius 1 is 1.11 bits per heavy atom. The predicted octanol–water partition coefficient (Wildman–Crippen LogP) is 0.707. The summed E-state index contributed by atoms with van der Waals surface area (Å²) in [6.07, 6.45) is 0. The molecule has 0 aliphatic rings. The Kier molecular flexibility index (Phi) is 4.03. The molecule has 0 aliphatic heterocycles. The normalized spacial score (nSPS) is 28.2.